The van der Waals surface area contributed by atoms with Crippen LogP contribution in [0.15, 0.2) is 24.3 Å². The summed E-state index contributed by atoms with van der Waals surface area (Å²) in [5.74, 6) is 1.32. The van der Waals surface area contributed by atoms with Crippen molar-refractivity contribution in [2.75, 3.05) is 13.7 Å². The van der Waals surface area contributed by atoms with Crippen LogP contribution in [0, 0.1) is 11.3 Å². The number of rotatable bonds is 5. The summed E-state index contributed by atoms with van der Waals surface area (Å²) >= 11 is 0. The molecule has 0 bridgehead atoms. The normalized spacial score (nSPS) is 14.1. The zero-order valence-corrected chi connectivity index (χ0v) is 10.9. The zero-order valence-electron chi connectivity index (χ0n) is 10.9. The lowest BCUT2D eigenvalue weighted by atomic mass is 10.0. The number of benzene rings is 1. The number of nitrogens with zero attached hydrogens (tertiary/aromatic N) is 1. The topological polar surface area (TPSA) is 45.0 Å². The third kappa shape index (κ3) is 3.76. The van der Waals surface area contributed by atoms with Crippen LogP contribution in [0.2, 0.25) is 0 Å². The lowest BCUT2D eigenvalue weighted by molar-refractivity contribution is 0.242. The third-order valence-electron chi connectivity index (χ3n) is 2.87. The van der Waals surface area contributed by atoms with Crippen molar-refractivity contribution in [2.45, 2.75) is 32.2 Å². The molecule has 0 fully saturated rings. The lowest BCUT2D eigenvalue weighted by Gasteiger charge is -2.21. The SMILES string of the molecule is CNC(C)(C#N)COc1ccc(C(C)C)cc1. The summed E-state index contributed by atoms with van der Waals surface area (Å²) in [6.45, 7) is 6.46. The first kappa shape index (κ1) is 13.5. The van der Waals surface area contributed by atoms with Gasteiger partial charge in [0.1, 0.15) is 17.9 Å². The highest BCUT2D eigenvalue weighted by Crippen LogP contribution is 2.19. The molecule has 1 aromatic rings. The molecule has 0 aliphatic rings. The molecule has 0 heterocycles. The average Bonchev–Trinajstić information content (AvgIpc) is 2.36. The molecule has 17 heavy (non-hydrogen) atoms. The van der Waals surface area contributed by atoms with Gasteiger partial charge in [-0.25, -0.2) is 0 Å². The van der Waals surface area contributed by atoms with Crippen LogP contribution >= 0.6 is 0 Å². The highest BCUT2D eigenvalue weighted by atomic mass is 16.5. The van der Waals surface area contributed by atoms with Gasteiger partial charge >= 0.3 is 0 Å². The molecule has 1 aromatic carbocycles. The van der Waals surface area contributed by atoms with Gasteiger partial charge in [-0.1, -0.05) is 26.0 Å². The van der Waals surface area contributed by atoms with Crippen LogP contribution in [-0.4, -0.2) is 19.2 Å². The minimum atomic E-state index is -0.642. The number of nitrogens with one attached hydrogen (secondary N) is 1. The van der Waals surface area contributed by atoms with E-state index in [1.165, 1.54) is 5.56 Å². The molecule has 0 spiro atoms. The van der Waals surface area contributed by atoms with Crippen LogP contribution < -0.4 is 10.1 Å². The Kier molecular flexibility index (Phi) is 4.53. The number of ether oxygens (including phenoxy) is 1. The standard InChI is InChI=1S/C14H20N2O/c1-11(2)12-5-7-13(8-6-12)17-10-14(3,9-15)16-4/h5-8,11,16H,10H2,1-4H3. The first-order valence-corrected chi connectivity index (χ1v) is 5.83. The van der Waals surface area contributed by atoms with Gasteiger partial charge in [0, 0.05) is 0 Å². The van der Waals surface area contributed by atoms with Gasteiger partial charge in [-0.2, -0.15) is 5.26 Å². The highest BCUT2D eigenvalue weighted by Gasteiger charge is 2.21. The van der Waals surface area contributed by atoms with Crippen LogP contribution in [0.25, 0.3) is 0 Å². The third-order valence-corrected chi connectivity index (χ3v) is 2.87. The molecule has 0 aliphatic heterocycles. The molecule has 0 amide bonds. The summed E-state index contributed by atoms with van der Waals surface area (Å²) in [5.41, 5.74) is 0.644. The number of hydrogen-bond acceptors (Lipinski definition) is 3. The first-order valence-electron chi connectivity index (χ1n) is 5.83. The maximum atomic E-state index is 8.99. The van der Waals surface area contributed by atoms with Crippen LogP contribution in [0.3, 0.4) is 0 Å². The minimum absolute atomic E-state index is 0.334. The summed E-state index contributed by atoms with van der Waals surface area (Å²) in [7, 11) is 1.76. The minimum Gasteiger partial charge on any atom is -0.491 e. The van der Waals surface area contributed by atoms with E-state index in [0.717, 1.165) is 5.75 Å². The lowest BCUT2D eigenvalue weighted by Crippen LogP contribution is -2.43. The van der Waals surface area contributed by atoms with E-state index in [1.807, 2.05) is 19.1 Å². The Labute approximate surface area is 103 Å². The summed E-state index contributed by atoms with van der Waals surface area (Å²) in [6, 6.07) is 10.2. The van der Waals surface area contributed by atoms with Gasteiger partial charge in [0.25, 0.3) is 0 Å². The van der Waals surface area contributed by atoms with Crippen molar-refractivity contribution in [1.82, 2.24) is 5.32 Å². The van der Waals surface area contributed by atoms with Crippen LogP contribution in [0.1, 0.15) is 32.3 Å². The summed E-state index contributed by atoms with van der Waals surface area (Å²) in [5, 5.41) is 11.9. The van der Waals surface area contributed by atoms with E-state index in [-0.39, 0.29) is 0 Å². The molecule has 92 valence electrons. The molecular formula is C14H20N2O. The second kappa shape index (κ2) is 5.70. The molecule has 1 atom stereocenters. The predicted molar refractivity (Wildman–Crippen MR) is 69.1 cm³/mol. The summed E-state index contributed by atoms with van der Waals surface area (Å²) < 4.78 is 5.60. The maximum absolute atomic E-state index is 8.99. The Balaban J connectivity index is 2.62. The molecule has 3 nitrogen and oxygen atoms in total. The van der Waals surface area contributed by atoms with Gasteiger partial charge < -0.3 is 4.74 Å². The van der Waals surface area contributed by atoms with Crippen LogP contribution in [-0.2, 0) is 0 Å². The molecule has 0 aliphatic carbocycles. The van der Waals surface area contributed by atoms with Crippen molar-refractivity contribution in [3.05, 3.63) is 29.8 Å². The maximum Gasteiger partial charge on any atom is 0.137 e. The zero-order chi connectivity index (χ0) is 12.9. The fraction of sp³-hybridized carbons (Fsp3) is 0.500. The van der Waals surface area contributed by atoms with Crippen LogP contribution in [0.4, 0.5) is 0 Å². The molecule has 1 N–H and O–H groups in total. The van der Waals surface area contributed by atoms with Gasteiger partial charge in [0.15, 0.2) is 0 Å². The fourth-order valence-corrected chi connectivity index (χ4v) is 1.34. The van der Waals surface area contributed by atoms with E-state index in [9.17, 15) is 0 Å². The summed E-state index contributed by atoms with van der Waals surface area (Å²) in [4.78, 5) is 0. The molecule has 0 saturated carbocycles. The molecule has 1 unspecified atom stereocenters. The molecule has 0 aromatic heterocycles. The van der Waals surface area contributed by atoms with Crippen molar-refractivity contribution in [2.24, 2.45) is 0 Å². The molecule has 0 radical (unpaired) electrons. The van der Waals surface area contributed by atoms with Crippen molar-refractivity contribution in [3.63, 3.8) is 0 Å². The van der Waals surface area contributed by atoms with Crippen LogP contribution in [0.5, 0.6) is 5.75 Å². The van der Waals surface area contributed by atoms with Crippen molar-refractivity contribution in [3.8, 4) is 11.8 Å². The van der Waals surface area contributed by atoms with Gasteiger partial charge in [-0.3, -0.25) is 5.32 Å². The van der Waals surface area contributed by atoms with E-state index in [0.29, 0.717) is 12.5 Å². The van der Waals surface area contributed by atoms with E-state index < -0.39 is 5.54 Å². The number of likely N-dealkylation sites (N-methyl/N-ethyl adjacent to an activating group) is 1. The quantitative estimate of drug-likeness (QED) is 0.849. The number of hydrogen-bond donors (Lipinski definition) is 1. The van der Waals surface area contributed by atoms with Crippen molar-refractivity contribution >= 4 is 0 Å². The Morgan fingerprint density at radius 3 is 2.35 bits per heavy atom. The van der Waals surface area contributed by atoms with Gasteiger partial charge in [-0.05, 0) is 37.6 Å². The van der Waals surface area contributed by atoms with Gasteiger partial charge in [-0.15, -0.1) is 0 Å². The Morgan fingerprint density at radius 1 is 1.35 bits per heavy atom. The second-order valence-electron chi connectivity index (χ2n) is 4.71. The Hall–Kier alpha value is -1.53. The number of nitriles is 1. The monoisotopic (exact) mass is 232 g/mol. The smallest absolute Gasteiger partial charge is 0.137 e. The van der Waals surface area contributed by atoms with E-state index in [1.54, 1.807) is 7.05 Å². The average molecular weight is 232 g/mol. The second-order valence-corrected chi connectivity index (χ2v) is 4.71. The largest absolute Gasteiger partial charge is 0.491 e. The summed E-state index contributed by atoms with van der Waals surface area (Å²) in [6.07, 6.45) is 0. The Morgan fingerprint density at radius 2 is 1.94 bits per heavy atom. The van der Waals surface area contributed by atoms with E-state index >= 15 is 0 Å². The van der Waals surface area contributed by atoms with E-state index in [2.05, 4.69) is 37.4 Å². The molecule has 1 rings (SSSR count). The fourth-order valence-electron chi connectivity index (χ4n) is 1.34. The Bertz CT molecular complexity index is 392. The van der Waals surface area contributed by atoms with Crippen molar-refractivity contribution in [1.29, 1.82) is 5.26 Å². The van der Waals surface area contributed by atoms with Gasteiger partial charge in [0.2, 0.25) is 0 Å². The predicted octanol–water partition coefficient (Wildman–Crippen LogP) is 2.69. The molecule has 3 heteroatoms. The van der Waals surface area contributed by atoms with Gasteiger partial charge in [0.05, 0.1) is 6.07 Å². The molecule has 0 saturated heterocycles. The van der Waals surface area contributed by atoms with E-state index in [4.69, 9.17) is 10.00 Å². The van der Waals surface area contributed by atoms with Crippen molar-refractivity contribution < 1.29 is 4.74 Å². The molecular weight excluding hydrogens is 212 g/mol. The highest BCUT2D eigenvalue weighted by molar-refractivity contribution is 5.29. The first-order chi connectivity index (χ1) is 8.00.